The van der Waals surface area contributed by atoms with Crippen molar-refractivity contribution in [3.8, 4) is 0 Å². The number of rotatable bonds is 7. The molecule has 104 valence electrons. The van der Waals surface area contributed by atoms with E-state index in [1.807, 2.05) is 6.92 Å². The van der Waals surface area contributed by atoms with E-state index in [0.29, 0.717) is 18.4 Å². The maximum Gasteiger partial charge on any atom is 0.324 e. The molecule has 0 fully saturated rings. The summed E-state index contributed by atoms with van der Waals surface area (Å²) in [5.74, 6) is -3.02. The van der Waals surface area contributed by atoms with Crippen molar-refractivity contribution in [2.75, 3.05) is 0 Å². The Hall–Kier alpha value is -1.88. The molecular weight excluding hydrogens is 248 g/mol. The van der Waals surface area contributed by atoms with Crippen molar-refractivity contribution < 1.29 is 24.9 Å². The summed E-state index contributed by atoms with van der Waals surface area (Å²) in [7, 11) is 0. The maximum atomic E-state index is 11.4. The zero-order chi connectivity index (χ0) is 14.5. The highest BCUT2D eigenvalue weighted by Gasteiger charge is 2.52. The third-order valence-corrected chi connectivity index (χ3v) is 3.27. The second-order valence-corrected chi connectivity index (χ2v) is 4.50. The number of aliphatic hydroxyl groups is 1. The lowest BCUT2D eigenvalue weighted by molar-refractivity contribution is -0.175. The highest BCUT2D eigenvalue weighted by molar-refractivity contribution is 5.99. The van der Waals surface area contributed by atoms with E-state index in [-0.39, 0.29) is 6.42 Å². The average molecular weight is 266 g/mol. The molecule has 0 saturated heterocycles. The van der Waals surface area contributed by atoms with Gasteiger partial charge in [-0.15, -0.1) is 0 Å². The Morgan fingerprint density at radius 2 is 1.68 bits per heavy atom. The third-order valence-electron chi connectivity index (χ3n) is 3.27. The summed E-state index contributed by atoms with van der Waals surface area (Å²) in [5, 5.41) is 28.9. The van der Waals surface area contributed by atoms with E-state index in [0.717, 1.165) is 0 Å². The number of benzene rings is 1. The number of aliphatic hydroxyl groups excluding tert-OH is 1. The number of carboxylic acid groups (broad SMARTS) is 2. The maximum absolute atomic E-state index is 11.4. The molecule has 0 saturated carbocycles. The standard InChI is InChI=1S/C14H18O5/c1-2-3-9-14(12(16)17,13(18)19)11(15)10-7-5-4-6-8-10/h4-8,11,15H,2-3,9H2,1H3,(H,16,17)(H,18,19). The Bertz CT molecular complexity index is 426. The molecule has 3 N–H and O–H groups in total. The summed E-state index contributed by atoms with van der Waals surface area (Å²) in [5.41, 5.74) is -1.90. The lowest BCUT2D eigenvalue weighted by Gasteiger charge is -2.30. The van der Waals surface area contributed by atoms with Gasteiger partial charge in [-0.1, -0.05) is 50.1 Å². The number of carboxylic acids is 2. The van der Waals surface area contributed by atoms with Crippen LogP contribution in [0.3, 0.4) is 0 Å². The SMILES string of the molecule is CCCCC(C(=O)O)(C(=O)O)C(O)c1ccccc1. The van der Waals surface area contributed by atoms with E-state index in [1.165, 1.54) is 12.1 Å². The van der Waals surface area contributed by atoms with Crippen LogP contribution in [0.15, 0.2) is 30.3 Å². The van der Waals surface area contributed by atoms with E-state index < -0.39 is 23.5 Å². The van der Waals surface area contributed by atoms with Gasteiger partial charge in [-0.25, -0.2) is 0 Å². The first-order chi connectivity index (χ1) is 8.96. The van der Waals surface area contributed by atoms with Crippen LogP contribution in [0.4, 0.5) is 0 Å². The van der Waals surface area contributed by atoms with Gasteiger partial charge in [-0.2, -0.15) is 0 Å². The predicted octanol–water partition coefficient (Wildman–Crippen LogP) is 2.07. The van der Waals surface area contributed by atoms with E-state index in [1.54, 1.807) is 18.2 Å². The van der Waals surface area contributed by atoms with Crippen molar-refractivity contribution in [3.05, 3.63) is 35.9 Å². The number of aliphatic carboxylic acids is 2. The molecule has 0 bridgehead atoms. The van der Waals surface area contributed by atoms with Gasteiger partial charge in [0.15, 0.2) is 5.41 Å². The Morgan fingerprint density at radius 1 is 1.16 bits per heavy atom. The molecule has 0 radical (unpaired) electrons. The molecule has 0 aromatic heterocycles. The molecule has 1 atom stereocenters. The lowest BCUT2D eigenvalue weighted by Crippen LogP contribution is -2.44. The number of hydrogen-bond donors (Lipinski definition) is 3. The van der Waals surface area contributed by atoms with Gasteiger partial charge in [-0.3, -0.25) is 9.59 Å². The van der Waals surface area contributed by atoms with Gasteiger partial charge in [-0.05, 0) is 12.0 Å². The number of carbonyl (C=O) groups is 2. The van der Waals surface area contributed by atoms with Crippen molar-refractivity contribution in [1.82, 2.24) is 0 Å². The monoisotopic (exact) mass is 266 g/mol. The summed E-state index contributed by atoms with van der Waals surface area (Å²) < 4.78 is 0. The van der Waals surface area contributed by atoms with Crippen LogP contribution in [0.1, 0.15) is 37.9 Å². The zero-order valence-corrected chi connectivity index (χ0v) is 10.7. The van der Waals surface area contributed by atoms with Crippen LogP contribution in [0.5, 0.6) is 0 Å². The van der Waals surface area contributed by atoms with Crippen LogP contribution in [-0.2, 0) is 9.59 Å². The van der Waals surface area contributed by atoms with Gasteiger partial charge in [0.05, 0.1) is 0 Å². The van der Waals surface area contributed by atoms with E-state index in [2.05, 4.69) is 0 Å². The second kappa shape index (κ2) is 6.33. The molecule has 1 aromatic carbocycles. The summed E-state index contributed by atoms with van der Waals surface area (Å²) >= 11 is 0. The second-order valence-electron chi connectivity index (χ2n) is 4.50. The zero-order valence-electron chi connectivity index (χ0n) is 10.7. The first kappa shape index (κ1) is 15.2. The van der Waals surface area contributed by atoms with Crippen molar-refractivity contribution in [2.45, 2.75) is 32.3 Å². The summed E-state index contributed by atoms with van der Waals surface area (Å²) in [6.07, 6.45) is -0.605. The van der Waals surface area contributed by atoms with Crippen LogP contribution in [0.2, 0.25) is 0 Å². The molecule has 5 heteroatoms. The highest BCUT2D eigenvalue weighted by Crippen LogP contribution is 2.39. The smallest absolute Gasteiger partial charge is 0.324 e. The molecule has 1 unspecified atom stereocenters. The first-order valence-electron chi connectivity index (χ1n) is 6.16. The quantitative estimate of drug-likeness (QED) is 0.657. The summed E-state index contributed by atoms with van der Waals surface area (Å²) in [6.45, 7) is 1.84. The minimum absolute atomic E-state index is 0.107. The predicted molar refractivity (Wildman–Crippen MR) is 68.6 cm³/mol. The van der Waals surface area contributed by atoms with Crippen molar-refractivity contribution >= 4 is 11.9 Å². The van der Waals surface area contributed by atoms with Gasteiger partial charge in [0.25, 0.3) is 0 Å². The molecule has 0 heterocycles. The minimum atomic E-state index is -2.20. The Labute approximate surface area is 111 Å². The van der Waals surface area contributed by atoms with E-state index in [4.69, 9.17) is 0 Å². The van der Waals surface area contributed by atoms with Crippen molar-refractivity contribution in [3.63, 3.8) is 0 Å². The highest BCUT2D eigenvalue weighted by atomic mass is 16.4. The minimum Gasteiger partial charge on any atom is -0.480 e. The Morgan fingerprint density at radius 3 is 2.11 bits per heavy atom. The van der Waals surface area contributed by atoms with Crippen molar-refractivity contribution in [2.24, 2.45) is 5.41 Å². The van der Waals surface area contributed by atoms with Gasteiger partial charge in [0, 0.05) is 0 Å². The summed E-state index contributed by atoms with van der Waals surface area (Å²) in [4.78, 5) is 22.9. The fourth-order valence-corrected chi connectivity index (χ4v) is 2.05. The van der Waals surface area contributed by atoms with Crippen LogP contribution in [-0.4, -0.2) is 27.3 Å². The van der Waals surface area contributed by atoms with Crippen LogP contribution in [0, 0.1) is 5.41 Å². The fraction of sp³-hybridized carbons (Fsp3) is 0.429. The molecule has 0 spiro atoms. The normalized spacial score (nSPS) is 12.9. The van der Waals surface area contributed by atoms with Crippen molar-refractivity contribution in [1.29, 1.82) is 0 Å². The molecule has 0 aliphatic rings. The molecule has 1 rings (SSSR count). The molecule has 1 aromatic rings. The van der Waals surface area contributed by atoms with Gasteiger partial charge < -0.3 is 15.3 Å². The molecular formula is C14H18O5. The topological polar surface area (TPSA) is 94.8 Å². The summed E-state index contributed by atoms with van der Waals surface area (Å²) in [6, 6.07) is 8.03. The average Bonchev–Trinajstić information content (AvgIpc) is 2.39. The molecule has 0 amide bonds. The van der Waals surface area contributed by atoms with E-state index in [9.17, 15) is 24.9 Å². The molecule has 5 nitrogen and oxygen atoms in total. The fourth-order valence-electron chi connectivity index (χ4n) is 2.05. The largest absolute Gasteiger partial charge is 0.480 e. The van der Waals surface area contributed by atoms with Crippen LogP contribution >= 0.6 is 0 Å². The van der Waals surface area contributed by atoms with Crippen LogP contribution < -0.4 is 0 Å². The molecule has 0 aliphatic heterocycles. The number of unbranched alkanes of at least 4 members (excludes halogenated alkanes) is 1. The lowest BCUT2D eigenvalue weighted by atomic mass is 9.75. The number of hydrogen-bond acceptors (Lipinski definition) is 3. The molecule has 19 heavy (non-hydrogen) atoms. The Balaban J connectivity index is 3.22. The van der Waals surface area contributed by atoms with E-state index >= 15 is 0 Å². The van der Waals surface area contributed by atoms with Gasteiger partial charge in [0.2, 0.25) is 0 Å². The Kier molecular flexibility index (Phi) is 5.06. The third kappa shape index (κ3) is 2.93. The van der Waals surface area contributed by atoms with Crippen LogP contribution in [0.25, 0.3) is 0 Å². The molecule has 0 aliphatic carbocycles. The first-order valence-corrected chi connectivity index (χ1v) is 6.16. The van der Waals surface area contributed by atoms with Gasteiger partial charge in [0.1, 0.15) is 6.10 Å². The van der Waals surface area contributed by atoms with Gasteiger partial charge >= 0.3 is 11.9 Å².